The van der Waals surface area contributed by atoms with Crippen molar-refractivity contribution in [2.24, 2.45) is 0 Å². The van der Waals surface area contributed by atoms with Gasteiger partial charge in [0.1, 0.15) is 11.9 Å². The van der Waals surface area contributed by atoms with Crippen LogP contribution < -0.4 is 10.2 Å². The number of hydrogen-bond acceptors (Lipinski definition) is 7. The molecule has 4 rings (SSSR count). The SMILES string of the molecule is Cc1cc(Nc2ncn(-c3ccnc(F)c3)n2)cc(N2CCN(C(=O)OC(C)(C)C)CC2)c1. The third-order valence-corrected chi connectivity index (χ3v) is 5.08. The van der Waals surface area contributed by atoms with E-state index < -0.39 is 11.5 Å². The number of benzene rings is 1. The average molecular weight is 454 g/mol. The zero-order chi connectivity index (χ0) is 23.6. The molecule has 10 heteroatoms. The van der Waals surface area contributed by atoms with Crippen molar-refractivity contribution in [3.05, 3.63) is 54.4 Å². The van der Waals surface area contributed by atoms with Gasteiger partial charge in [-0.3, -0.25) is 0 Å². The molecule has 0 radical (unpaired) electrons. The predicted molar refractivity (Wildman–Crippen MR) is 124 cm³/mol. The molecule has 0 aliphatic carbocycles. The smallest absolute Gasteiger partial charge is 0.410 e. The number of ether oxygens (including phenoxy) is 1. The van der Waals surface area contributed by atoms with E-state index in [-0.39, 0.29) is 6.09 Å². The molecule has 1 fully saturated rings. The minimum atomic E-state index is -0.576. The number of nitrogens with zero attached hydrogens (tertiary/aromatic N) is 6. The fourth-order valence-electron chi connectivity index (χ4n) is 3.60. The number of aryl methyl sites for hydroxylation is 1. The third kappa shape index (κ3) is 5.76. The first-order valence-electron chi connectivity index (χ1n) is 10.8. The fraction of sp³-hybridized carbons (Fsp3) is 0.391. The van der Waals surface area contributed by atoms with Gasteiger partial charge in [-0.05, 0) is 57.5 Å². The highest BCUT2D eigenvalue weighted by atomic mass is 19.1. The number of anilines is 3. The van der Waals surface area contributed by atoms with Crippen LogP contribution in [0, 0.1) is 12.9 Å². The number of halogens is 1. The maximum Gasteiger partial charge on any atom is 0.410 e. The quantitative estimate of drug-likeness (QED) is 0.599. The summed E-state index contributed by atoms with van der Waals surface area (Å²) in [7, 11) is 0. The number of piperazine rings is 1. The maximum atomic E-state index is 13.4. The molecule has 1 aromatic carbocycles. The molecule has 174 valence electrons. The molecule has 0 spiro atoms. The number of carbonyl (C=O) groups is 1. The zero-order valence-electron chi connectivity index (χ0n) is 19.2. The van der Waals surface area contributed by atoms with Gasteiger partial charge < -0.3 is 19.9 Å². The van der Waals surface area contributed by atoms with E-state index in [9.17, 15) is 9.18 Å². The predicted octanol–water partition coefficient (Wildman–Crippen LogP) is 3.91. The van der Waals surface area contributed by atoms with E-state index in [2.05, 4.69) is 31.3 Å². The first kappa shape index (κ1) is 22.5. The van der Waals surface area contributed by atoms with Gasteiger partial charge in [-0.25, -0.2) is 14.5 Å². The molecule has 3 aromatic rings. The Morgan fingerprint density at radius 2 is 1.82 bits per heavy atom. The van der Waals surface area contributed by atoms with Crippen LogP contribution in [-0.4, -0.2) is 62.5 Å². The first-order chi connectivity index (χ1) is 15.7. The standard InChI is InChI=1S/C23H28FN7O2/c1-16-11-17(27-21-26-15-31(28-21)18-5-6-25-20(24)14-18)13-19(12-16)29-7-9-30(10-8-29)22(32)33-23(2,3)4/h5-6,11-15H,7-10H2,1-4H3,(H,27,28). The minimum Gasteiger partial charge on any atom is -0.444 e. The highest BCUT2D eigenvalue weighted by Gasteiger charge is 2.26. The molecule has 1 aliphatic heterocycles. The van der Waals surface area contributed by atoms with Crippen molar-refractivity contribution >= 4 is 23.4 Å². The van der Waals surface area contributed by atoms with Crippen LogP contribution >= 0.6 is 0 Å². The number of aromatic nitrogens is 4. The Bertz CT molecular complexity index is 1130. The molecular weight excluding hydrogens is 425 g/mol. The summed E-state index contributed by atoms with van der Waals surface area (Å²) in [6.07, 6.45) is 2.63. The summed E-state index contributed by atoms with van der Waals surface area (Å²) in [6.45, 7) is 10.3. The Balaban J connectivity index is 1.42. The van der Waals surface area contributed by atoms with Crippen molar-refractivity contribution in [1.29, 1.82) is 0 Å². The van der Waals surface area contributed by atoms with Crippen LogP contribution in [0.5, 0.6) is 0 Å². The van der Waals surface area contributed by atoms with Gasteiger partial charge in [0, 0.05) is 49.8 Å². The van der Waals surface area contributed by atoms with Gasteiger partial charge in [0.15, 0.2) is 0 Å². The molecule has 1 aliphatic rings. The van der Waals surface area contributed by atoms with Gasteiger partial charge in [-0.1, -0.05) is 0 Å². The molecule has 3 heterocycles. The number of amides is 1. The number of carbonyl (C=O) groups excluding carboxylic acids is 1. The molecule has 0 unspecified atom stereocenters. The van der Waals surface area contributed by atoms with Crippen molar-refractivity contribution in [2.75, 3.05) is 36.4 Å². The fourth-order valence-corrected chi connectivity index (χ4v) is 3.60. The molecule has 0 atom stereocenters. The minimum absolute atomic E-state index is 0.274. The lowest BCUT2D eigenvalue weighted by Crippen LogP contribution is -2.50. The Labute approximate surface area is 192 Å². The number of pyridine rings is 1. The number of nitrogens with one attached hydrogen (secondary N) is 1. The van der Waals surface area contributed by atoms with E-state index in [1.54, 1.807) is 11.0 Å². The van der Waals surface area contributed by atoms with Crippen LogP contribution in [0.4, 0.5) is 26.5 Å². The summed E-state index contributed by atoms with van der Waals surface area (Å²) >= 11 is 0. The van der Waals surface area contributed by atoms with Gasteiger partial charge in [-0.2, -0.15) is 9.37 Å². The largest absolute Gasteiger partial charge is 0.444 e. The van der Waals surface area contributed by atoms with E-state index in [4.69, 9.17) is 4.74 Å². The van der Waals surface area contributed by atoms with Crippen molar-refractivity contribution in [1.82, 2.24) is 24.6 Å². The van der Waals surface area contributed by atoms with Gasteiger partial charge in [0.25, 0.3) is 0 Å². The summed E-state index contributed by atoms with van der Waals surface area (Å²) in [5.41, 5.74) is 3.02. The Kier molecular flexibility index (Phi) is 6.17. The zero-order valence-corrected chi connectivity index (χ0v) is 19.2. The lowest BCUT2D eigenvalue weighted by atomic mass is 10.1. The molecule has 2 aromatic heterocycles. The second kappa shape index (κ2) is 9.05. The lowest BCUT2D eigenvalue weighted by molar-refractivity contribution is 0.0240. The molecule has 33 heavy (non-hydrogen) atoms. The van der Waals surface area contributed by atoms with Crippen molar-refractivity contribution in [3.63, 3.8) is 0 Å². The first-order valence-corrected chi connectivity index (χ1v) is 10.8. The average Bonchev–Trinajstić information content (AvgIpc) is 3.21. The van der Waals surface area contributed by atoms with Crippen LogP contribution in [0.1, 0.15) is 26.3 Å². The lowest BCUT2D eigenvalue weighted by Gasteiger charge is -2.37. The van der Waals surface area contributed by atoms with E-state index >= 15 is 0 Å². The second-order valence-corrected chi connectivity index (χ2v) is 8.99. The number of hydrogen-bond donors (Lipinski definition) is 1. The number of rotatable bonds is 4. The Morgan fingerprint density at radius 1 is 1.06 bits per heavy atom. The molecule has 9 nitrogen and oxygen atoms in total. The third-order valence-electron chi connectivity index (χ3n) is 5.08. The highest BCUT2D eigenvalue weighted by molar-refractivity contribution is 5.69. The summed E-state index contributed by atoms with van der Waals surface area (Å²) in [4.78, 5) is 24.1. The molecule has 0 bridgehead atoms. The summed E-state index contributed by atoms with van der Waals surface area (Å²) in [6, 6.07) is 9.10. The van der Waals surface area contributed by atoms with E-state index in [1.807, 2.05) is 39.8 Å². The summed E-state index contributed by atoms with van der Waals surface area (Å²) < 4.78 is 20.4. The van der Waals surface area contributed by atoms with Crippen molar-refractivity contribution in [2.45, 2.75) is 33.3 Å². The summed E-state index contributed by atoms with van der Waals surface area (Å²) in [5, 5.41) is 7.59. The molecule has 0 saturated carbocycles. The van der Waals surface area contributed by atoms with Gasteiger partial charge in [0.2, 0.25) is 11.9 Å². The Hall–Kier alpha value is -3.69. The maximum absolute atomic E-state index is 13.4. The van der Waals surface area contributed by atoms with Gasteiger partial charge in [0.05, 0.1) is 5.69 Å². The highest BCUT2D eigenvalue weighted by Crippen LogP contribution is 2.25. The van der Waals surface area contributed by atoms with Crippen molar-refractivity contribution < 1.29 is 13.9 Å². The van der Waals surface area contributed by atoms with Crippen LogP contribution in [-0.2, 0) is 4.74 Å². The van der Waals surface area contributed by atoms with Crippen LogP contribution in [0.2, 0.25) is 0 Å². The van der Waals surface area contributed by atoms with Crippen LogP contribution in [0.25, 0.3) is 5.69 Å². The Morgan fingerprint density at radius 3 is 2.52 bits per heavy atom. The molecular formula is C23H28FN7O2. The van der Waals surface area contributed by atoms with Gasteiger partial charge in [-0.15, -0.1) is 5.10 Å². The van der Waals surface area contributed by atoms with Crippen LogP contribution in [0.3, 0.4) is 0 Å². The van der Waals surface area contributed by atoms with Crippen molar-refractivity contribution in [3.8, 4) is 5.69 Å². The monoisotopic (exact) mass is 453 g/mol. The van der Waals surface area contributed by atoms with Gasteiger partial charge >= 0.3 is 6.09 Å². The van der Waals surface area contributed by atoms with E-state index in [0.717, 1.165) is 16.9 Å². The van der Waals surface area contributed by atoms with E-state index in [0.29, 0.717) is 37.8 Å². The topological polar surface area (TPSA) is 88.4 Å². The molecule has 1 saturated heterocycles. The van der Waals surface area contributed by atoms with E-state index in [1.165, 1.54) is 23.3 Å². The normalized spacial score (nSPS) is 14.3. The van der Waals surface area contributed by atoms with Crippen LogP contribution in [0.15, 0.2) is 42.9 Å². The molecule has 1 amide bonds. The summed E-state index contributed by atoms with van der Waals surface area (Å²) in [5.74, 6) is -0.175. The second-order valence-electron chi connectivity index (χ2n) is 8.99. The molecule has 1 N–H and O–H groups in total.